The SMILES string of the molecule is CCC1C(C(=O)O)CCS1(=O)=O. The van der Waals surface area contributed by atoms with Gasteiger partial charge in [0.15, 0.2) is 9.84 Å². The summed E-state index contributed by atoms with van der Waals surface area (Å²) in [7, 11) is -3.11. The van der Waals surface area contributed by atoms with E-state index >= 15 is 0 Å². The highest BCUT2D eigenvalue weighted by Gasteiger charge is 2.42. The number of carboxylic acids is 1. The molecule has 1 rings (SSSR count). The monoisotopic (exact) mass is 192 g/mol. The Labute approximate surface area is 71.5 Å². The second-order valence-corrected chi connectivity index (χ2v) is 5.39. The van der Waals surface area contributed by atoms with E-state index in [4.69, 9.17) is 5.11 Å². The molecule has 1 heterocycles. The molecule has 0 spiro atoms. The van der Waals surface area contributed by atoms with Gasteiger partial charge in [0.2, 0.25) is 0 Å². The molecule has 1 aliphatic heterocycles. The average Bonchev–Trinajstić information content (AvgIpc) is 2.24. The molecule has 70 valence electrons. The normalized spacial score (nSPS) is 33.4. The first-order valence-corrected chi connectivity index (χ1v) is 5.65. The summed E-state index contributed by atoms with van der Waals surface area (Å²) in [6.07, 6.45) is 0.676. The number of carboxylic acid groups (broad SMARTS) is 1. The molecule has 0 saturated carbocycles. The van der Waals surface area contributed by atoms with E-state index in [0.29, 0.717) is 6.42 Å². The first kappa shape index (κ1) is 9.51. The van der Waals surface area contributed by atoms with Crippen molar-refractivity contribution in [2.75, 3.05) is 5.75 Å². The van der Waals surface area contributed by atoms with Gasteiger partial charge in [0, 0.05) is 0 Å². The maximum atomic E-state index is 11.2. The molecule has 5 heteroatoms. The Morgan fingerprint density at radius 2 is 2.17 bits per heavy atom. The predicted molar refractivity (Wildman–Crippen MR) is 43.6 cm³/mol. The first-order chi connectivity index (χ1) is 5.49. The Balaban J connectivity index is 2.91. The fourth-order valence-corrected chi connectivity index (χ4v) is 3.85. The third kappa shape index (κ3) is 1.46. The minimum absolute atomic E-state index is 0.0302. The van der Waals surface area contributed by atoms with Crippen molar-refractivity contribution in [1.82, 2.24) is 0 Å². The molecule has 4 nitrogen and oxygen atoms in total. The van der Waals surface area contributed by atoms with Crippen molar-refractivity contribution in [1.29, 1.82) is 0 Å². The summed E-state index contributed by atoms with van der Waals surface area (Å²) in [5, 5.41) is 8.03. The van der Waals surface area contributed by atoms with E-state index < -0.39 is 27.0 Å². The topological polar surface area (TPSA) is 71.4 Å². The van der Waals surface area contributed by atoms with Crippen molar-refractivity contribution in [3.63, 3.8) is 0 Å². The highest BCUT2D eigenvalue weighted by atomic mass is 32.2. The third-order valence-electron chi connectivity index (χ3n) is 2.34. The van der Waals surface area contributed by atoms with Crippen LogP contribution in [0.25, 0.3) is 0 Å². The zero-order chi connectivity index (χ0) is 9.35. The summed E-state index contributed by atoms with van der Waals surface area (Å²) in [5.41, 5.74) is 0. The Morgan fingerprint density at radius 3 is 2.50 bits per heavy atom. The zero-order valence-corrected chi connectivity index (χ0v) is 7.67. The predicted octanol–water partition coefficient (Wildman–Crippen LogP) is 0.284. The lowest BCUT2D eigenvalue weighted by atomic mass is 10.0. The average molecular weight is 192 g/mol. The number of sulfone groups is 1. The molecule has 2 atom stereocenters. The molecule has 0 bridgehead atoms. The highest BCUT2D eigenvalue weighted by Crippen LogP contribution is 2.29. The van der Waals surface area contributed by atoms with E-state index in [0.717, 1.165) is 0 Å². The van der Waals surface area contributed by atoms with E-state index in [1.54, 1.807) is 6.92 Å². The molecule has 1 N–H and O–H groups in total. The van der Waals surface area contributed by atoms with Crippen LogP contribution in [-0.2, 0) is 14.6 Å². The molecular formula is C7H12O4S. The van der Waals surface area contributed by atoms with Gasteiger partial charge in [0.1, 0.15) is 0 Å². The van der Waals surface area contributed by atoms with Gasteiger partial charge >= 0.3 is 5.97 Å². The summed E-state index contributed by atoms with van der Waals surface area (Å²) in [5.74, 6) is -1.63. The Hall–Kier alpha value is -0.580. The van der Waals surface area contributed by atoms with Crippen LogP contribution in [0.15, 0.2) is 0 Å². The van der Waals surface area contributed by atoms with E-state index in [2.05, 4.69) is 0 Å². The van der Waals surface area contributed by atoms with Crippen molar-refractivity contribution < 1.29 is 18.3 Å². The summed E-state index contributed by atoms with van der Waals surface area (Å²) in [6.45, 7) is 1.71. The number of carbonyl (C=O) groups is 1. The van der Waals surface area contributed by atoms with Crippen molar-refractivity contribution in [3.05, 3.63) is 0 Å². The van der Waals surface area contributed by atoms with Gasteiger partial charge in [-0.05, 0) is 12.8 Å². The van der Waals surface area contributed by atoms with E-state index in [1.807, 2.05) is 0 Å². The minimum atomic E-state index is -3.11. The molecule has 0 aromatic rings. The standard InChI is InChI=1S/C7H12O4S/c1-2-6-5(7(8)9)3-4-12(6,10)11/h5-6H,2-4H2,1H3,(H,8,9). The highest BCUT2D eigenvalue weighted by molar-refractivity contribution is 7.92. The maximum Gasteiger partial charge on any atom is 0.307 e. The van der Waals surface area contributed by atoms with E-state index in [9.17, 15) is 13.2 Å². The summed E-state index contributed by atoms with van der Waals surface area (Å²) in [6, 6.07) is 0. The molecule has 0 aromatic heterocycles. The van der Waals surface area contributed by atoms with Gasteiger partial charge in [0.05, 0.1) is 16.9 Å². The van der Waals surface area contributed by atoms with Crippen LogP contribution in [0.4, 0.5) is 0 Å². The van der Waals surface area contributed by atoms with E-state index in [1.165, 1.54) is 0 Å². The molecule has 0 aliphatic carbocycles. The molecule has 2 unspecified atom stereocenters. The van der Waals surface area contributed by atoms with Crippen molar-refractivity contribution in [2.24, 2.45) is 5.92 Å². The van der Waals surface area contributed by atoms with Gasteiger partial charge in [-0.3, -0.25) is 4.79 Å². The van der Waals surface area contributed by atoms with Crippen molar-refractivity contribution in [3.8, 4) is 0 Å². The maximum absolute atomic E-state index is 11.2. The van der Waals surface area contributed by atoms with Crippen molar-refractivity contribution >= 4 is 15.8 Å². The first-order valence-electron chi connectivity index (χ1n) is 3.93. The van der Waals surface area contributed by atoms with Gasteiger partial charge in [-0.25, -0.2) is 8.42 Å². The fourth-order valence-electron chi connectivity index (χ4n) is 1.70. The van der Waals surface area contributed by atoms with Gasteiger partial charge in [-0.15, -0.1) is 0 Å². The Kier molecular flexibility index (Phi) is 2.41. The summed E-state index contributed by atoms with van der Waals surface area (Å²) >= 11 is 0. The quantitative estimate of drug-likeness (QED) is 0.682. The van der Waals surface area contributed by atoms with Crippen LogP contribution in [0.5, 0.6) is 0 Å². The third-order valence-corrected chi connectivity index (χ3v) is 4.73. The number of rotatable bonds is 2. The van der Waals surface area contributed by atoms with Crippen LogP contribution < -0.4 is 0 Å². The second-order valence-electron chi connectivity index (χ2n) is 3.05. The molecular weight excluding hydrogens is 180 g/mol. The fraction of sp³-hybridized carbons (Fsp3) is 0.857. The zero-order valence-electron chi connectivity index (χ0n) is 6.86. The van der Waals surface area contributed by atoms with Crippen LogP contribution in [0, 0.1) is 5.92 Å². The molecule has 0 aromatic carbocycles. The molecule has 1 saturated heterocycles. The lowest BCUT2D eigenvalue weighted by Crippen LogP contribution is -2.27. The minimum Gasteiger partial charge on any atom is -0.481 e. The van der Waals surface area contributed by atoms with Crippen LogP contribution in [0.3, 0.4) is 0 Å². The van der Waals surface area contributed by atoms with Crippen LogP contribution >= 0.6 is 0 Å². The number of hydrogen-bond donors (Lipinski definition) is 1. The number of aliphatic carboxylic acids is 1. The van der Waals surface area contributed by atoms with Crippen LogP contribution in [0.2, 0.25) is 0 Å². The van der Waals surface area contributed by atoms with E-state index in [-0.39, 0.29) is 12.2 Å². The molecule has 0 amide bonds. The van der Waals surface area contributed by atoms with Gasteiger partial charge in [-0.2, -0.15) is 0 Å². The summed E-state index contributed by atoms with van der Waals surface area (Å²) in [4.78, 5) is 10.6. The molecule has 12 heavy (non-hydrogen) atoms. The molecule has 1 aliphatic rings. The smallest absolute Gasteiger partial charge is 0.307 e. The Bertz CT molecular complexity index is 280. The van der Waals surface area contributed by atoms with Crippen molar-refractivity contribution in [2.45, 2.75) is 25.0 Å². The van der Waals surface area contributed by atoms with Gasteiger partial charge < -0.3 is 5.11 Å². The number of hydrogen-bond acceptors (Lipinski definition) is 3. The summed E-state index contributed by atoms with van der Waals surface area (Å²) < 4.78 is 22.5. The van der Waals surface area contributed by atoms with Gasteiger partial charge in [0.25, 0.3) is 0 Å². The lowest BCUT2D eigenvalue weighted by molar-refractivity contribution is -0.141. The molecule has 0 radical (unpaired) electrons. The van der Waals surface area contributed by atoms with Gasteiger partial charge in [-0.1, -0.05) is 6.92 Å². The largest absolute Gasteiger partial charge is 0.481 e. The van der Waals surface area contributed by atoms with Crippen LogP contribution in [0.1, 0.15) is 19.8 Å². The lowest BCUT2D eigenvalue weighted by Gasteiger charge is -2.11. The second kappa shape index (κ2) is 3.05. The molecule has 1 fully saturated rings. The Morgan fingerprint density at radius 1 is 1.58 bits per heavy atom. The van der Waals surface area contributed by atoms with Crippen LogP contribution in [-0.4, -0.2) is 30.5 Å².